The van der Waals surface area contributed by atoms with Gasteiger partial charge >= 0.3 is 0 Å². The van der Waals surface area contributed by atoms with E-state index >= 15 is 0 Å². The van der Waals surface area contributed by atoms with Crippen LogP contribution in [0.15, 0.2) is 53.2 Å². The number of nitrogens with zero attached hydrogens (tertiary/aromatic N) is 5. The Labute approximate surface area is 147 Å². The van der Waals surface area contributed by atoms with Crippen molar-refractivity contribution < 1.29 is 4.52 Å². The number of piperazine rings is 1. The lowest BCUT2D eigenvalue weighted by Gasteiger charge is -2.34. The monoisotopic (exact) mass is 335 g/mol. The van der Waals surface area contributed by atoms with E-state index in [9.17, 15) is 0 Å². The summed E-state index contributed by atoms with van der Waals surface area (Å²) in [6.07, 6.45) is 1.84. The molecule has 1 aliphatic rings. The lowest BCUT2D eigenvalue weighted by atomic mass is 10.1. The lowest BCUT2D eigenvalue weighted by Crippen LogP contribution is -2.46. The molecule has 0 amide bonds. The molecule has 1 saturated heterocycles. The highest BCUT2D eigenvalue weighted by Gasteiger charge is 2.20. The molecule has 4 rings (SSSR count). The van der Waals surface area contributed by atoms with Crippen LogP contribution in [-0.4, -0.2) is 46.2 Å². The number of aromatic nitrogens is 3. The van der Waals surface area contributed by atoms with E-state index in [1.165, 1.54) is 0 Å². The van der Waals surface area contributed by atoms with Crippen molar-refractivity contribution in [3.8, 4) is 11.3 Å². The van der Waals surface area contributed by atoms with Gasteiger partial charge in [-0.2, -0.15) is 0 Å². The zero-order chi connectivity index (χ0) is 17.1. The second-order valence-corrected chi connectivity index (χ2v) is 6.31. The van der Waals surface area contributed by atoms with Crippen molar-refractivity contribution in [1.29, 1.82) is 0 Å². The normalized spacial score (nSPS) is 15.5. The Bertz CT molecular complexity index is 825. The van der Waals surface area contributed by atoms with Crippen molar-refractivity contribution in [2.75, 3.05) is 31.1 Å². The van der Waals surface area contributed by atoms with Gasteiger partial charge in [0.05, 0.1) is 17.9 Å². The highest BCUT2D eigenvalue weighted by atomic mass is 16.5. The maximum absolute atomic E-state index is 5.31. The van der Waals surface area contributed by atoms with Gasteiger partial charge < -0.3 is 9.42 Å². The topological polar surface area (TPSA) is 58.3 Å². The van der Waals surface area contributed by atoms with Crippen LogP contribution in [0, 0.1) is 6.92 Å². The Morgan fingerprint density at radius 3 is 2.56 bits per heavy atom. The van der Waals surface area contributed by atoms with Gasteiger partial charge in [0.15, 0.2) is 5.76 Å². The molecule has 1 aliphatic heterocycles. The highest BCUT2D eigenvalue weighted by molar-refractivity contribution is 5.59. The van der Waals surface area contributed by atoms with Gasteiger partial charge in [0.1, 0.15) is 0 Å². The molecular weight excluding hydrogens is 314 g/mol. The summed E-state index contributed by atoms with van der Waals surface area (Å²) in [6, 6.07) is 14.2. The van der Waals surface area contributed by atoms with Crippen molar-refractivity contribution in [2.24, 2.45) is 0 Å². The summed E-state index contributed by atoms with van der Waals surface area (Å²) in [6.45, 7) is 6.48. The summed E-state index contributed by atoms with van der Waals surface area (Å²) in [5.41, 5.74) is 3.01. The average molecular weight is 335 g/mol. The molecule has 25 heavy (non-hydrogen) atoms. The van der Waals surface area contributed by atoms with Crippen LogP contribution in [0.1, 0.15) is 11.5 Å². The minimum absolute atomic E-state index is 0.802. The molecule has 0 saturated carbocycles. The van der Waals surface area contributed by atoms with Gasteiger partial charge in [-0.3, -0.25) is 4.90 Å². The van der Waals surface area contributed by atoms with Gasteiger partial charge in [-0.05, 0) is 13.0 Å². The SMILES string of the molecule is Cc1cc(CN2CCN(c3nccc(-c4ccccc4)n3)CC2)on1. The minimum Gasteiger partial charge on any atom is -0.360 e. The highest BCUT2D eigenvalue weighted by Crippen LogP contribution is 2.19. The fourth-order valence-electron chi connectivity index (χ4n) is 3.09. The molecule has 0 spiro atoms. The van der Waals surface area contributed by atoms with E-state index in [2.05, 4.69) is 32.1 Å². The fourth-order valence-corrected chi connectivity index (χ4v) is 3.09. The Morgan fingerprint density at radius 2 is 1.84 bits per heavy atom. The molecule has 128 valence electrons. The zero-order valence-electron chi connectivity index (χ0n) is 14.3. The molecule has 0 atom stereocenters. The summed E-state index contributed by atoms with van der Waals surface area (Å²) in [7, 11) is 0. The van der Waals surface area contributed by atoms with Crippen LogP contribution >= 0.6 is 0 Å². The molecule has 6 nitrogen and oxygen atoms in total. The number of aryl methyl sites for hydroxylation is 1. The summed E-state index contributed by atoms with van der Waals surface area (Å²) in [5, 5.41) is 3.95. The minimum atomic E-state index is 0.802. The fraction of sp³-hybridized carbons (Fsp3) is 0.316. The number of hydrogen-bond donors (Lipinski definition) is 0. The molecular formula is C19H21N5O. The van der Waals surface area contributed by atoms with E-state index in [0.29, 0.717) is 0 Å². The quantitative estimate of drug-likeness (QED) is 0.731. The molecule has 1 fully saturated rings. The molecule has 2 aromatic heterocycles. The maximum Gasteiger partial charge on any atom is 0.225 e. The van der Waals surface area contributed by atoms with E-state index in [1.807, 2.05) is 43.5 Å². The van der Waals surface area contributed by atoms with Crippen LogP contribution in [0.4, 0.5) is 5.95 Å². The zero-order valence-corrected chi connectivity index (χ0v) is 14.3. The largest absolute Gasteiger partial charge is 0.360 e. The third-order valence-electron chi connectivity index (χ3n) is 4.42. The van der Waals surface area contributed by atoms with Crippen molar-refractivity contribution in [3.63, 3.8) is 0 Å². The molecule has 0 radical (unpaired) electrons. The Balaban J connectivity index is 1.41. The predicted octanol–water partition coefficient (Wildman–Crippen LogP) is 2.76. The van der Waals surface area contributed by atoms with Crippen LogP contribution in [0.5, 0.6) is 0 Å². The van der Waals surface area contributed by atoms with E-state index in [4.69, 9.17) is 9.51 Å². The van der Waals surface area contributed by atoms with Gasteiger partial charge in [0.25, 0.3) is 0 Å². The van der Waals surface area contributed by atoms with Gasteiger partial charge in [-0.25, -0.2) is 9.97 Å². The van der Waals surface area contributed by atoms with E-state index in [-0.39, 0.29) is 0 Å². The van der Waals surface area contributed by atoms with E-state index in [1.54, 1.807) is 0 Å². The second-order valence-electron chi connectivity index (χ2n) is 6.31. The maximum atomic E-state index is 5.31. The summed E-state index contributed by atoms with van der Waals surface area (Å²) >= 11 is 0. The number of hydrogen-bond acceptors (Lipinski definition) is 6. The summed E-state index contributed by atoms with van der Waals surface area (Å²) in [4.78, 5) is 13.8. The molecule has 6 heteroatoms. The summed E-state index contributed by atoms with van der Waals surface area (Å²) in [5.74, 6) is 1.73. The van der Waals surface area contributed by atoms with Crippen molar-refractivity contribution >= 4 is 5.95 Å². The van der Waals surface area contributed by atoms with Crippen LogP contribution < -0.4 is 4.90 Å². The lowest BCUT2D eigenvalue weighted by molar-refractivity contribution is 0.218. The number of rotatable bonds is 4. The van der Waals surface area contributed by atoms with Gasteiger partial charge in [-0.1, -0.05) is 35.5 Å². The van der Waals surface area contributed by atoms with Crippen molar-refractivity contribution in [1.82, 2.24) is 20.0 Å². The molecule has 0 aliphatic carbocycles. The second kappa shape index (κ2) is 7.03. The first kappa shape index (κ1) is 15.8. The first-order valence-corrected chi connectivity index (χ1v) is 8.56. The van der Waals surface area contributed by atoms with Crippen molar-refractivity contribution in [3.05, 3.63) is 60.1 Å². The van der Waals surface area contributed by atoms with E-state index < -0.39 is 0 Å². The Kier molecular flexibility index (Phi) is 4.43. The standard InChI is InChI=1S/C19H21N5O/c1-15-13-17(25-22-15)14-23-9-11-24(12-10-23)19-20-8-7-18(21-19)16-5-3-2-4-6-16/h2-8,13H,9-12,14H2,1H3. The number of benzene rings is 1. The molecule has 0 bridgehead atoms. The van der Waals surface area contributed by atoms with Gasteiger partial charge in [0, 0.05) is 44.0 Å². The van der Waals surface area contributed by atoms with Crippen LogP contribution in [-0.2, 0) is 6.54 Å². The molecule has 3 aromatic rings. The summed E-state index contributed by atoms with van der Waals surface area (Å²) < 4.78 is 5.31. The third-order valence-corrected chi connectivity index (χ3v) is 4.42. The first-order valence-electron chi connectivity index (χ1n) is 8.56. The smallest absolute Gasteiger partial charge is 0.225 e. The Morgan fingerprint density at radius 1 is 1.04 bits per heavy atom. The average Bonchev–Trinajstić information content (AvgIpc) is 3.08. The van der Waals surface area contributed by atoms with Crippen LogP contribution in [0.3, 0.4) is 0 Å². The number of anilines is 1. The van der Waals surface area contributed by atoms with E-state index in [0.717, 1.165) is 61.4 Å². The van der Waals surface area contributed by atoms with Gasteiger partial charge in [0.2, 0.25) is 5.95 Å². The molecule has 0 unspecified atom stereocenters. The Hall–Kier alpha value is -2.73. The van der Waals surface area contributed by atoms with Gasteiger partial charge in [-0.15, -0.1) is 0 Å². The molecule has 1 aromatic carbocycles. The van der Waals surface area contributed by atoms with Crippen molar-refractivity contribution in [2.45, 2.75) is 13.5 Å². The van der Waals surface area contributed by atoms with Crippen LogP contribution in [0.2, 0.25) is 0 Å². The first-order chi connectivity index (χ1) is 12.3. The molecule has 0 N–H and O–H groups in total. The third kappa shape index (κ3) is 3.69. The van der Waals surface area contributed by atoms with Crippen LogP contribution in [0.25, 0.3) is 11.3 Å². The predicted molar refractivity (Wildman–Crippen MR) is 96.2 cm³/mol. The molecule has 3 heterocycles.